The number of ketones is 1. The van der Waals surface area contributed by atoms with E-state index in [2.05, 4.69) is 0 Å². The highest BCUT2D eigenvalue weighted by molar-refractivity contribution is 5.95. The molecule has 1 aliphatic carbocycles. The number of carbonyl (C=O) groups is 2. The topological polar surface area (TPSA) is 57.6 Å². The maximum Gasteiger partial charge on any atom is 0.254 e. The van der Waals surface area contributed by atoms with Crippen LogP contribution < -0.4 is 0 Å². The number of hydrogen-bond acceptors (Lipinski definition) is 3. The van der Waals surface area contributed by atoms with Crippen LogP contribution in [-0.4, -0.2) is 34.3 Å². The molecule has 1 saturated carbocycles. The predicted octanol–water partition coefficient (Wildman–Crippen LogP) is 2.76. The number of phenols is 1. The van der Waals surface area contributed by atoms with E-state index in [9.17, 15) is 14.7 Å². The Bertz CT molecular complexity index is 537. The third-order valence-corrected chi connectivity index (χ3v) is 4.74. The number of aromatic hydroxyl groups is 1. The van der Waals surface area contributed by atoms with E-state index in [1.54, 1.807) is 12.1 Å². The Kier molecular flexibility index (Phi) is 3.95. The highest BCUT2D eigenvalue weighted by Crippen LogP contribution is 2.33. The Morgan fingerprint density at radius 3 is 2.52 bits per heavy atom. The van der Waals surface area contributed by atoms with Crippen LogP contribution in [0.4, 0.5) is 0 Å². The molecule has 1 aromatic carbocycles. The maximum absolute atomic E-state index is 12.7. The van der Waals surface area contributed by atoms with Crippen LogP contribution >= 0.6 is 0 Å². The van der Waals surface area contributed by atoms with Gasteiger partial charge in [-0.3, -0.25) is 9.59 Å². The molecular weight excluding hydrogens is 266 g/mol. The van der Waals surface area contributed by atoms with Gasteiger partial charge in [-0.15, -0.1) is 0 Å². The van der Waals surface area contributed by atoms with E-state index in [1.807, 2.05) is 4.90 Å². The van der Waals surface area contributed by atoms with Crippen LogP contribution in [0.1, 0.15) is 48.9 Å². The second kappa shape index (κ2) is 5.88. The number of carbonyl (C=O) groups excluding carboxylic acids is 2. The highest BCUT2D eigenvalue weighted by Gasteiger charge is 2.38. The number of rotatable bonds is 2. The molecule has 21 heavy (non-hydrogen) atoms. The Balaban J connectivity index is 1.81. The molecule has 0 spiro atoms. The van der Waals surface area contributed by atoms with E-state index in [4.69, 9.17) is 0 Å². The van der Waals surface area contributed by atoms with Crippen LogP contribution in [0, 0.1) is 5.92 Å². The van der Waals surface area contributed by atoms with E-state index in [0.29, 0.717) is 17.8 Å². The fourth-order valence-corrected chi connectivity index (χ4v) is 3.65. The number of benzene rings is 1. The van der Waals surface area contributed by atoms with Crippen LogP contribution in [0.25, 0.3) is 0 Å². The molecule has 112 valence electrons. The van der Waals surface area contributed by atoms with E-state index in [0.717, 1.165) is 38.6 Å². The fraction of sp³-hybridized carbons (Fsp3) is 0.529. The molecule has 2 fully saturated rings. The molecule has 4 nitrogen and oxygen atoms in total. The van der Waals surface area contributed by atoms with Crippen molar-refractivity contribution in [2.45, 2.75) is 44.6 Å². The fourth-order valence-electron chi connectivity index (χ4n) is 3.65. The summed E-state index contributed by atoms with van der Waals surface area (Å²) in [6.07, 6.45) is 5.57. The Labute approximate surface area is 124 Å². The number of Topliss-reactive ketones (excluding diaryl/α,β-unsaturated/α-hetero) is 1. The van der Waals surface area contributed by atoms with Crippen molar-refractivity contribution in [2.75, 3.05) is 6.54 Å². The molecule has 4 heteroatoms. The molecule has 0 radical (unpaired) electrons. The second-order valence-electron chi connectivity index (χ2n) is 6.07. The standard InChI is InChI=1S/C17H21NO3/c19-13-9-7-12(8-10-13)17(21)18-11-2-1-5-15(18)14-4-3-6-16(14)20/h7-10,14-15,19H,1-6,11H2. The SMILES string of the molecule is O=C1CCCC1C1CCCCN1C(=O)c1ccc(O)cc1. The van der Waals surface area contributed by atoms with Crippen LogP contribution in [0.3, 0.4) is 0 Å². The largest absolute Gasteiger partial charge is 0.508 e. The summed E-state index contributed by atoms with van der Waals surface area (Å²) in [5, 5.41) is 9.34. The summed E-state index contributed by atoms with van der Waals surface area (Å²) in [5.41, 5.74) is 0.588. The van der Waals surface area contributed by atoms with Gasteiger partial charge >= 0.3 is 0 Å². The highest BCUT2D eigenvalue weighted by atomic mass is 16.3. The van der Waals surface area contributed by atoms with Crippen molar-refractivity contribution in [3.05, 3.63) is 29.8 Å². The van der Waals surface area contributed by atoms with Gasteiger partial charge in [-0.2, -0.15) is 0 Å². The molecule has 1 amide bonds. The minimum absolute atomic E-state index is 0.0144. The summed E-state index contributed by atoms with van der Waals surface area (Å²) in [4.78, 5) is 26.7. The molecule has 2 unspecified atom stereocenters. The summed E-state index contributed by atoms with van der Waals surface area (Å²) in [7, 11) is 0. The molecule has 1 heterocycles. The zero-order chi connectivity index (χ0) is 14.8. The van der Waals surface area contributed by atoms with Crippen molar-refractivity contribution in [2.24, 2.45) is 5.92 Å². The van der Waals surface area contributed by atoms with Gasteiger partial charge in [0, 0.05) is 30.5 Å². The van der Waals surface area contributed by atoms with Crippen LogP contribution in [-0.2, 0) is 4.79 Å². The normalized spacial score (nSPS) is 26.1. The molecule has 2 atom stereocenters. The van der Waals surface area contributed by atoms with Gasteiger partial charge in [0.1, 0.15) is 11.5 Å². The van der Waals surface area contributed by atoms with E-state index < -0.39 is 0 Å². The number of amides is 1. The Hall–Kier alpha value is -1.84. The Morgan fingerprint density at radius 2 is 1.86 bits per heavy atom. The summed E-state index contributed by atoms with van der Waals surface area (Å²) >= 11 is 0. The van der Waals surface area contributed by atoms with Crippen molar-refractivity contribution < 1.29 is 14.7 Å². The van der Waals surface area contributed by atoms with E-state index >= 15 is 0 Å². The Morgan fingerprint density at radius 1 is 1.10 bits per heavy atom. The first-order valence-electron chi connectivity index (χ1n) is 7.79. The average molecular weight is 287 g/mol. The van der Waals surface area contributed by atoms with Gasteiger partial charge < -0.3 is 10.0 Å². The van der Waals surface area contributed by atoms with Crippen molar-refractivity contribution in [1.82, 2.24) is 4.90 Å². The van der Waals surface area contributed by atoms with Gasteiger partial charge in [0.05, 0.1) is 0 Å². The van der Waals surface area contributed by atoms with Gasteiger partial charge in [0.25, 0.3) is 5.91 Å². The lowest BCUT2D eigenvalue weighted by atomic mass is 9.88. The number of nitrogens with zero attached hydrogens (tertiary/aromatic N) is 1. The third-order valence-electron chi connectivity index (χ3n) is 4.74. The van der Waals surface area contributed by atoms with Crippen molar-refractivity contribution in [3.63, 3.8) is 0 Å². The summed E-state index contributed by atoms with van der Waals surface area (Å²) in [6.45, 7) is 0.730. The van der Waals surface area contributed by atoms with E-state index in [-0.39, 0.29) is 23.6 Å². The minimum Gasteiger partial charge on any atom is -0.508 e. The van der Waals surface area contributed by atoms with Gasteiger partial charge in [-0.1, -0.05) is 0 Å². The van der Waals surface area contributed by atoms with Crippen LogP contribution in [0.5, 0.6) is 5.75 Å². The van der Waals surface area contributed by atoms with Gasteiger partial charge in [-0.05, 0) is 56.4 Å². The monoisotopic (exact) mass is 287 g/mol. The number of hydrogen-bond donors (Lipinski definition) is 1. The van der Waals surface area contributed by atoms with Crippen molar-refractivity contribution >= 4 is 11.7 Å². The van der Waals surface area contributed by atoms with Crippen molar-refractivity contribution in [3.8, 4) is 5.75 Å². The first kappa shape index (κ1) is 14.1. The molecule has 0 aromatic heterocycles. The molecule has 1 aromatic rings. The van der Waals surface area contributed by atoms with Gasteiger partial charge in [0.15, 0.2) is 0 Å². The molecule has 1 aliphatic heterocycles. The summed E-state index contributed by atoms with van der Waals surface area (Å²) in [5.74, 6) is 0.504. The lowest BCUT2D eigenvalue weighted by Gasteiger charge is -2.38. The van der Waals surface area contributed by atoms with Gasteiger partial charge in [-0.25, -0.2) is 0 Å². The quantitative estimate of drug-likeness (QED) is 0.910. The number of piperidine rings is 1. The van der Waals surface area contributed by atoms with E-state index in [1.165, 1.54) is 12.1 Å². The number of likely N-dealkylation sites (tertiary alicyclic amines) is 1. The van der Waals surface area contributed by atoms with Crippen LogP contribution in [0.2, 0.25) is 0 Å². The molecule has 1 saturated heterocycles. The zero-order valence-electron chi connectivity index (χ0n) is 12.1. The molecule has 2 aliphatic rings. The zero-order valence-corrected chi connectivity index (χ0v) is 12.1. The molecule has 1 N–H and O–H groups in total. The summed E-state index contributed by atoms with van der Waals surface area (Å²) in [6, 6.07) is 6.44. The molecular formula is C17H21NO3. The number of phenolic OH excluding ortho intramolecular Hbond substituents is 1. The maximum atomic E-state index is 12.7. The second-order valence-corrected chi connectivity index (χ2v) is 6.07. The third kappa shape index (κ3) is 2.80. The molecule has 3 rings (SSSR count). The smallest absolute Gasteiger partial charge is 0.254 e. The summed E-state index contributed by atoms with van der Waals surface area (Å²) < 4.78 is 0. The lowest BCUT2D eigenvalue weighted by molar-refractivity contribution is -0.122. The molecule has 0 bridgehead atoms. The first-order chi connectivity index (χ1) is 10.2. The first-order valence-corrected chi connectivity index (χ1v) is 7.79. The van der Waals surface area contributed by atoms with Gasteiger partial charge in [0.2, 0.25) is 0 Å². The van der Waals surface area contributed by atoms with Crippen molar-refractivity contribution in [1.29, 1.82) is 0 Å². The average Bonchev–Trinajstić information content (AvgIpc) is 2.93. The predicted molar refractivity (Wildman–Crippen MR) is 79.1 cm³/mol. The lowest BCUT2D eigenvalue weighted by Crippen LogP contribution is -2.48. The minimum atomic E-state index is -0.0144. The van der Waals surface area contributed by atoms with Crippen LogP contribution in [0.15, 0.2) is 24.3 Å².